The minimum absolute atomic E-state index is 0.00705. The largest absolute Gasteiger partial charge is 0.477 e. The molecule has 0 aliphatic rings. The minimum atomic E-state index is -1.10. The number of carboxylic acids is 1. The number of nitrogens with one attached hydrogen (secondary N) is 2. The van der Waals surface area contributed by atoms with Crippen LogP contribution in [0.5, 0.6) is 0 Å². The molecule has 0 atom stereocenters. The Morgan fingerprint density at radius 3 is 2.74 bits per heavy atom. The van der Waals surface area contributed by atoms with Gasteiger partial charge in [0.1, 0.15) is 5.69 Å². The smallest absolute Gasteiger partial charge is 0.354 e. The van der Waals surface area contributed by atoms with Crippen LogP contribution in [-0.4, -0.2) is 37.1 Å². The maximum atomic E-state index is 11.6. The van der Waals surface area contributed by atoms with Crippen LogP contribution in [0.25, 0.3) is 0 Å². The van der Waals surface area contributed by atoms with Crippen molar-refractivity contribution in [1.82, 2.24) is 25.5 Å². The molecule has 0 saturated carbocycles. The number of H-pyrrole nitrogens is 1. The number of anilines is 1. The van der Waals surface area contributed by atoms with E-state index in [9.17, 15) is 9.59 Å². The molecule has 1 amide bonds. The first-order valence-electron chi connectivity index (χ1n) is 5.20. The van der Waals surface area contributed by atoms with Crippen LogP contribution < -0.4 is 11.1 Å². The third-order valence-electron chi connectivity index (χ3n) is 2.21. The third kappa shape index (κ3) is 3.03. The number of aromatic amines is 1. The fourth-order valence-corrected chi connectivity index (χ4v) is 1.30. The van der Waals surface area contributed by atoms with E-state index in [4.69, 9.17) is 10.8 Å². The lowest BCUT2D eigenvalue weighted by molar-refractivity contribution is 0.0690. The summed E-state index contributed by atoms with van der Waals surface area (Å²) in [5, 5.41) is 17.1. The van der Waals surface area contributed by atoms with Gasteiger partial charge in [-0.1, -0.05) is 6.07 Å². The van der Waals surface area contributed by atoms with Crippen molar-refractivity contribution < 1.29 is 14.7 Å². The van der Waals surface area contributed by atoms with Crippen LogP contribution in [0.3, 0.4) is 0 Å². The zero-order valence-corrected chi connectivity index (χ0v) is 9.62. The second-order valence-corrected chi connectivity index (χ2v) is 3.58. The molecule has 0 aliphatic heterocycles. The summed E-state index contributed by atoms with van der Waals surface area (Å²) >= 11 is 0. The molecule has 5 N–H and O–H groups in total. The van der Waals surface area contributed by atoms with Crippen LogP contribution in [0.4, 0.5) is 5.95 Å². The van der Waals surface area contributed by atoms with E-state index in [0.29, 0.717) is 5.56 Å². The van der Waals surface area contributed by atoms with Crippen molar-refractivity contribution in [2.75, 3.05) is 5.73 Å². The van der Waals surface area contributed by atoms with E-state index in [1.807, 2.05) is 0 Å². The van der Waals surface area contributed by atoms with Gasteiger partial charge in [-0.15, -0.1) is 5.10 Å². The van der Waals surface area contributed by atoms with Crippen LogP contribution in [-0.2, 0) is 6.54 Å². The van der Waals surface area contributed by atoms with Gasteiger partial charge in [0.05, 0.1) is 0 Å². The van der Waals surface area contributed by atoms with E-state index in [1.54, 1.807) is 6.07 Å². The fraction of sp³-hybridized carbons (Fsp3) is 0.100. The Morgan fingerprint density at radius 1 is 1.42 bits per heavy atom. The predicted molar refractivity (Wildman–Crippen MR) is 63.2 cm³/mol. The monoisotopic (exact) mass is 262 g/mol. The van der Waals surface area contributed by atoms with Crippen LogP contribution in [0.15, 0.2) is 18.3 Å². The van der Waals surface area contributed by atoms with Crippen molar-refractivity contribution in [2.24, 2.45) is 0 Å². The molecule has 0 aliphatic carbocycles. The molecule has 0 spiro atoms. The zero-order valence-electron chi connectivity index (χ0n) is 9.62. The van der Waals surface area contributed by atoms with Crippen molar-refractivity contribution in [3.8, 4) is 0 Å². The lowest BCUT2D eigenvalue weighted by Crippen LogP contribution is -2.24. The van der Waals surface area contributed by atoms with Gasteiger partial charge in [-0.2, -0.15) is 4.98 Å². The SMILES string of the molecule is Nc1n[nH]c(C(=O)NCc2ccc(C(=O)O)nc2)n1. The average molecular weight is 262 g/mol. The molecule has 2 aromatic rings. The molecular formula is C10H10N6O3. The summed E-state index contributed by atoms with van der Waals surface area (Å²) in [6, 6.07) is 2.92. The Kier molecular flexibility index (Phi) is 3.37. The molecular weight excluding hydrogens is 252 g/mol. The van der Waals surface area contributed by atoms with E-state index >= 15 is 0 Å². The summed E-state index contributed by atoms with van der Waals surface area (Å²) in [5.41, 5.74) is 5.87. The average Bonchev–Trinajstić information content (AvgIpc) is 2.83. The van der Waals surface area contributed by atoms with E-state index < -0.39 is 11.9 Å². The van der Waals surface area contributed by atoms with Crippen LogP contribution in [0, 0.1) is 0 Å². The maximum Gasteiger partial charge on any atom is 0.354 e. The molecule has 0 radical (unpaired) electrons. The number of aromatic carboxylic acids is 1. The lowest BCUT2D eigenvalue weighted by atomic mass is 10.2. The molecule has 0 fully saturated rings. The fourth-order valence-electron chi connectivity index (χ4n) is 1.30. The van der Waals surface area contributed by atoms with Crippen LogP contribution >= 0.6 is 0 Å². The van der Waals surface area contributed by atoms with Crippen molar-refractivity contribution in [1.29, 1.82) is 0 Å². The number of aromatic nitrogens is 4. The molecule has 9 nitrogen and oxygen atoms in total. The summed E-state index contributed by atoms with van der Waals surface area (Å²) in [6.45, 7) is 0.187. The number of pyridine rings is 1. The Bertz CT molecular complexity index is 606. The number of nitrogens with zero attached hydrogens (tertiary/aromatic N) is 3. The summed E-state index contributed by atoms with van der Waals surface area (Å²) in [7, 11) is 0. The van der Waals surface area contributed by atoms with Gasteiger partial charge in [0.25, 0.3) is 5.91 Å². The molecule has 0 aromatic carbocycles. The molecule has 9 heteroatoms. The van der Waals surface area contributed by atoms with Gasteiger partial charge in [0, 0.05) is 12.7 Å². The predicted octanol–water partition coefficient (Wildman–Crippen LogP) is -0.590. The topological polar surface area (TPSA) is 147 Å². The van der Waals surface area contributed by atoms with E-state index in [1.165, 1.54) is 12.3 Å². The Morgan fingerprint density at radius 2 is 2.21 bits per heavy atom. The molecule has 0 saturated heterocycles. The first-order chi connectivity index (χ1) is 9.06. The van der Waals surface area contributed by atoms with Crippen molar-refractivity contribution in [2.45, 2.75) is 6.54 Å². The Hall–Kier alpha value is -2.97. The highest BCUT2D eigenvalue weighted by Crippen LogP contribution is 2.01. The highest BCUT2D eigenvalue weighted by Gasteiger charge is 2.10. The van der Waals surface area contributed by atoms with Crippen LogP contribution in [0.2, 0.25) is 0 Å². The van der Waals surface area contributed by atoms with Crippen molar-refractivity contribution in [3.63, 3.8) is 0 Å². The summed E-state index contributed by atoms with van der Waals surface area (Å²) < 4.78 is 0. The van der Waals surface area contributed by atoms with Gasteiger partial charge in [-0.05, 0) is 11.6 Å². The normalized spacial score (nSPS) is 10.1. The quantitative estimate of drug-likeness (QED) is 0.575. The van der Waals surface area contributed by atoms with Gasteiger partial charge in [-0.25, -0.2) is 9.78 Å². The van der Waals surface area contributed by atoms with Gasteiger partial charge in [0.2, 0.25) is 11.8 Å². The molecule has 0 unspecified atom stereocenters. The number of amides is 1. The van der Waals surface area contributed by atoms with Gasteiger partial charge in [0.15, 0.2) is 0 Å². The molecule has 2 aromatic heterocycles. The first-order valence-corrected chi connectivity index (χ1v) is 5.20. The van der Waals surface area contributed by atoms with Gasteiger partial charge < -0.3 is 16.2 Å². The lowest BCUT2D eigenvalue weighted by Gasteiger charge is -2.03. The van der Waals surface area contributed by atoms with Crippen molar-refractivity contribution >= 4 is 17.8 Å². The number of carbonyl (C=O) groups excluding carboxylic acids is 1. The highest BCUT2D eigenvalue weighted by atomic mass is 16.4. The molecule has 0 bridgehead atoms. The van der Waals surface area contributed by atoms with Crippen molar-refractivity contribution in [3.05, 3.63) is 35.4 Å². The molecule has 2 heterocycles. The van der Waals surface area contributed by atoms with Gasteiger partial charge >= 0.3 is 5.97 Å². The molecule has 98 valence electrons. The first kappa shape index (κ1) is 12.5. The number of hydrogen-bond donors (Lipinski definition) is 4. The third-order valence-corrected chi connectivity index (χ3v) is 2.21. The van der Waals surface area contributed by atoms with E-state index in [-0.39, 0.29) is 24.0 Å². The number of carbonyl (C=O) groups is 2. The second-order valence-electron chi connectivity index (χ2n) is 3.58. The van der Waals surface area contributed by atoms with Gasteiger partial charge in [-0.3, -0.25) is 9.89 Å². The van der Waals surface area contributed by atoms with Crippen LogP contribution in [0.1, 0.15) is 26.7 Å². The number of nitrogen functional groups attached to an aromatic ring is 1. The number of carboxylic acid groups (broad SMARTS) is 1. The standard InChI is InChI=1S/C10H10N6O3/c11-10-14-7(15-16-10)8(17)13-4-5-1-2-6(9(18)19)12-3-5/h1-3H,4H2,(H,13,17)(H,18,19)(H3,11,14,15,16). The minimum Gasteiger partial charge on any atom is -0.477 e. The second kappa shape index (κ2) is 5.12. The maximum absolute atomic E-state index is 11.6. The Balaban J connectivity index is 1.95. The van der Waals surface area contributed by atoms with E-state index in [2.05, 4.69) is 25.5 Å². The number of nitrogens with two attached hydrogens (primary N) is 1. The number of rotatable bonds is 4. The summed E-state index contributed by atoms with van der Waals surface area (Å²) in [5.74, 6) is -1.58. The highest BCUT2D eigenvalue weighted by molar-refractivity contribution is 5.90. The molecule has 19 heavy (non-hydrogen) atoms. The van der Waals surface area contributed by atoms with E-state index in [0.717, 1.165) is 0 Å². The zero-order chi connectivity index (χ0) is 13.8. The number of hydrogen-bond acceptors (Lipinski definition) is 6. The molecule has 2 rings (SSSR count). The Labute approximate surface area is 106 Å². The summed E-state index contributed by atoms with van der Waals surface area (Å²) in [4.78, 5) is 29.6. The summed E-state index contributed by atoms with van der Waals surface area (Å²) in [6.07, 6.45) is 1.37.